The second-order valence-electron chi connectivity index (χ2n) is 8.13. The molecule has 3 N–H and O–H groups in total. The van der Waals surface area contributed by atoms with Gasteiger partial charge >= 0.3 is 6.18 Å². The molecule has 7 nitrogen and oxygen atoms in total. The number of nitrogens with zero attached hydrogens (tertiary/aromatic N) is 3. The topological polar surface area (TPSA) is 91.8 Å². The van der Waals surface area contributed by atoms with E-state index in [9.17, 15) is 18.0 Å². The van der Waals surface area contributed by atoms with Crippen molar-refractivity contribution < 1.29 is 18.0 Å². The largest absolute Gasteiger partial charge is 0.416 e. The Balaban J connectivity index is 1.38. The van der Waals surface area contributed by atoms with Crippen LogP contribution in [0.3, 0.4) is 0 Å². The Bertz CT molecular complexity index is 1290. The minimum Gasteiger partial charge on any atom is -0.354 e. The van der Waals surface area contributed by atoms with Crippen molar-refractivity contribution in [3.8, 4) is 0 Å². The van der Waals surface area contributed by atoms with Crippen molar-refractivity contribution in [3.05, 3.63) is 95.1 Å². The summed E-state index contributed by atoms with van der Waals surface area (Å²) in [5.74, 6) is -0.119. The van der Waals surface area contributed by atoms with Gasteiger partial charge in [0.2, 0.25) is 5.95 Å². The molecule has 10 heteroatoms. The normalized spacial score (nSPS) is 15.3. The first-order valence-corrected chi connectivity index (χ1v) is 10.8. The van der Waals surface area contributed by atoms with Gasteiger partial charge in [0.25, 0.3) is 5.91 Å². The SMILES string of the molecule is CC1=CC(c2cc(C)nc(NNC(=O)c3ccc(Nc4cccc(C(F)(F)F)c4)cn3)n2)CC=C1. The van der Waals surface area contributed by atoms with Crippen LogP contribution in [0.2, 0.25) is 0 Å². The highest BCUT2D eigenvalue weighted by molar-refractivity contribution is 5.93. The van der Waals surface area contributed by atoms with E-state index in [0.717, 1.165) is 35.5 Å². The molecule has 1 aliphatic rings. The number of alkyl halides is 3. The fourth-order valence-electron chi connectivity index (χ4n) is 3.61. The number of nitrogens with one attached hydrogen (secondary N) is 3. The maximum atomic E-state index is 12.9. The van der Waals surface area contributed by atoms with Crippen LogP contribution in [-0.2, 0) is 6.18 Å². The van der Waals surface area contributed by atoms with Crippen LogP contribution in [0, 0.1) is 6.92 Å². The first-order valence-electron chi connectivity index (χ1n) is 10.8. The molecule has 0 spiro atoms. The molecule has 35 heavy (non-hydrogen) atoms. The summed E-state index contributed by atoms with van der Waals surface area (Å²) in [6.07, 6.45) is 4.08. The molecular formula is C25H23F3N6O. The number of benzene rings is 1. The zero-order valence-electron chi connectivity index (χ0n) is 19.0. The van der Waals surface area contributed by atoms with Crippen LogP contribution in [0.4, 0.5) is 30.5 Å². The van der Waals surface area contributed by atoms with E-state index in [2.05, 4.69) is 49.3 Å². The fourth-order valence-corrected chi connectivity index (χ4v) is 3.61. The van der Waals surface area contributed by atoms with E-state index in [1.807, 2.05) is 19.9 Å². The van der Waals surface area contributed by atoms with Gasteiger partial charge < -0.3 is 5.32 Å². The highest BCUT2D eigenvalue weighted by Gasteiger charge is 2.30. The molecule has 1 amide bonds. The summed E-state index contributed by atoms with van der Waals surface area (Å²) < 4.78 is 38.7. The number of aryl methyl sites for hydroxylation is 1. The molecule has 1 unspecified atom stereocenters. The Labute approximate surface area is 200 Å². The smallest absolute Gasteiger partial charge is 0.354 e. The van der Waals surface area contributed by atoms with Crippen LogP contribution in [0.5, 0.6) is 0 Å². The average molecular weight is 480 g/mol. The number of anilines is 3. The number of allylic oxidation sites excluding steroid dienone is 4. The molecule has 0 saturated heterocycles. The number of hydrogen-bond donors (Lipinski definition) is 3. The molecule has 0 bridgehead atoms. The van der Waals surface area contributed by atoms with Gasteiger partial charge in [-0.15, -0.1) is 0 Å². The van der Waals surface area contributed by atoms with Crippen molar-refractivity contribution in [2.45, 2.75) is 32.4 Å². The Kier molecular flexibility index (Phi) is 6.81. The number of hydrazine groups is 1. The number of carbonyl (C=O) groups excluding carboxylic acids is 1. The van der Waals surface area contributed by atoms with Gasteiger partial charge in [-0.25, -0.2) is 15.0 Å². The minimum atomic E-state index is -4.43. The van der Waals surface area contributed by atoms with Gasteiger partial charge in [0, 0.05) is 17.3 Å². The third kappa shape index (κ3) is 6.23. The number of hydrogen-bond acceptors (Lipinski definition) is 6. The van der Waals surface area contributed by atoms with E-state index in [0.29, 0.717) is 5.69 Å². The van der Waals surface area contributed by atoms with Crippen LogP contribution in [-0.4, -0.2) is 20.9 Å². The molecule has 0 aliphatic heterocycles. The van der Waals surface area contributed by atoms with Gasteiger partial charge in [-0.05, 0) is 56.7 Å². The zero-order valence-corrected chi connectivity index (χ0v) is 19.0. The van der Waals surface area contributed by atoms with Gasteiger partial charge in [-0.1, -0.05) is 29.9 Å². The summed E-state index contributed by atoms with van der Waals surface area (Å²) in [6.45, 7) is 3.88. The van der Waals surface area contributed by atoms with Gasteiger partial charge in [0.15, 0.2) is 0 Å². The standard InChI is InChI=1S/C25H23F3N6O/c1-15-5-3-6-17(11-15)22-12-16(2)30-24(32-22)34-33-23(35)21-10-9-20(14-29-21)31-19-8-4-7-18(13-19)25(26,27)28/h3-5,7-14,17,31H,6H2,1-2H3,(H,33,35)(H,30,32,34). The van der Waals surface area contributed by atoms with Crippen molar-refractivity contribution in [2.75, 3.05) is 10.7 Å². The minimum absolute atomic E-state index is 0.107. The third-order valence-electron chi connectivity index (χ3n) is 5.25. The first kappa shape index (κ1) is 23.9. The molecule has 1 aromatic carbocycles. The summed E-state index contributed by atoms with van der Waals surface area (Å²) in [7, 11) is 0. The number of pyridine rings is 1. The lowest BCUT2D eigenvalue weighted by atomic mass is 9.93. The van der Waals surface area contributed by atoms with Gasteiger partial charge in [-0.3, -0.25) is 15.6 Å². The van der Waals surface area contributed by atoms with E-state index in [-0.39, 0.29) is 23.2 Å². The van der Waals surface area contributed by atoms with Crippen molar-refractivity contribution in [1.29, 1.82) is 0 Å². The summed E-state index contributed by atoms with van der Waals surface area (Å²) in [5.41, 5.74) is 8.06. The summed E-state index contributed by atoms with van der Waals surface area (Å²) in [5, 5.41) is 2.85. The number of halogens is 3. The van der Waals surface area contributed by atoms with E-state index >= 15 is 0 Å². The quantitative estimate of drug-likeness (QED) is 0.393. The highest BCUT2D eigenvalue weighted by Crippen LogP contribution is 2.31. The van der Waals surface area contributed by atoms with E-state index in [4.69, 9.17) is 0 Å². The molecule has 1 aliphatic carbocycles. The lowest BCUT2D eigenvalue weighted by Crippen LogP contribution is -2.31. The van der Waals surface area contributed by atoms with Gasteiger partial charge in [0.1, 0.15) is 5.69 Å². The number of aromatic nitrogens is 3. The molecule has 1 atom stereocenters. The van der Waals surface area contributed by atoms with Crippen LogP contribution in [0.25, 0.3) is 0 Å². The average Bonchev–Trinajstić information content (AvgIpc) is 2.82. The number of amides is 1. The van der Waals surface area contributed by atoms with Crippen LogP contribution in [0.15, 0.2) is 72.5 Å². The monoisotopic (exact) mass is 480 g/mol. The van der Waals surface area contributed by atoms with Crippen molar-refractivity contribution in [1.82, 2.24) is 20.4 Å². The molecule has 0 radical (unpaired) electrons. The predicted molar refractivity (Wildman–Crippen MR) is 127 cm³/mol. The predicted octanol–water partition coefficient (Wildman–Crippen LogP) is 5.69. The second kappa shape index (κ2) is 9.96. The van der Waals surface area contributed by atoms with Crippen LogP contribution in [0.1, 0.15) is 46.7 Å². The summed E-state index contributed by atoms with van der Waals surface area (Å²) in [4.78, 5) is 25.4. The molecule has 0 fully saturated rings. The number of rotatable bonds is 6. The Morgan fingerprint density at radius 2 is 1.89 bits per heavy atom. The molecule has 2 aromatic heterocycles. The number of carbonyl (C=O) groups is 1. The molecule has 180 valence electrons. The molecular weight excluding hydrogens is 457 g/mol. The maximum absolute atomic E-state index is 12.9. The summed E-state index contributed by atoms with van der Waals surface area (Å²) in [6, 6.07) is 9.74. The zero-order chi connectivity index (χ0) is 25.0. The lowest BCUT2D eigenvalue weighted by molar-refractivity contribution is -0.137. The second-order valence-corrected chi connectivity index (χ2v) is 8.13. The fraction of sp³-hybridized carbons (Fsp3) is 0.200. The molecule has 4 rings (SSSR count). The molecule has 3 aromatic rings. The van der Waals surface area contributed by atoms with Crippen LogP contribution < -0.4 is 16.2 Å². The van der Waals surface area contributed by atoms with Crippen molar-refractivity contribution >= 4 is 23.2 Å². The third-order valence-corrected chi connectivity index (χ3v) is 5.25. The maximum Gasteiger partial charge on any atom is 0.416 e. The molecule has 0 saturated carbocycles. The van der Waals surface area contributed by atoms with Gasteiger partial charge in [0.05, 0.1) is 23.1 Å². The van der Waals surface area contributed by atoms with Crippen LogP contribution >= 0.6 is 0 Å². The Morgan fingerprint density at radius 3 is 2.60 bits per heavy atom. The van der Waals surface area contributed by atoms with Crippen molar-refractivity contribution in [3.63, 3.8) is 0 Å². The summed E-state index contributed by atoms with van der Waals surface area (Å²) >= 11 is 0. The van der Waals surface area contributed by atoms with Gasteiger partial charge in [-0.2, -0.15) is 13.2 Å². The molecule has 2 heterocycles. The lowest BCUT2D eigenvalue weighted by Gasteiger charge is -2.16. The van der Waals surface area contributed by atoms with E-state index in [1.54, 1.807) is 6.07 Å². The Morgan fingerprint density at radius 1 is 1.06 bits per heavy atom. The Hall–Kier alpha value is -4.21. The first-order chi connectivity index (χ1) is 16.7. The highest BCUT2D eigenvalue weighted by atomic mass is 19.4. The van der Waals surface area contributed by atoms with Crippen molar-refractivity contribution in [2.24, 2.45) is 0 Å². The van der Waals surface area contributed by atoms with E-state index in [1.165, 1.54) is 24.4 Å². The van der Waals surface area contributed by atoms with E-state index < -0.39 is 17.6 Å².